The van der Waals surface area contributed by atoms with E-state index in [1.165, 1.54) is 73.9 Å². The van der Waals surface area contributed by atoms with Crippen LogP contribution in [0.15, 0.2) is 84.9 Å². The van der Waals surface area contributed by atoms with Gasteiger partial charge < -0.3 is 0 Å². The monoisotopic (exact) mass is 414 g/mol. The minimum Gasteiger partial charge on any atom is -0.289 e. The van der Waals surface area contributed by atoms with E-state index in [0.29, 0.717) is 5.56 Å². The Kier molecular flexibility index (Phi) is 9.25. The molecule has 2 heteroatoms. The Balaban J connectivity index is 1.38. The predicted molar refractivity (Wildman–Crippen MR) is 128 cm³/mol. The third kappa shape index (κ3) is 7.97. The van der Waals surface area contributed by atoms with Gasteiger partial charge in [-0.1, -0.05) is 86.4 Å². The van der Waals surface area contributed by atoms with Gasteiger partial charge in [-0.3, -0.25) is 4.79 Å². The van der Waals surface area contributed by atoms with Crippen molar-refractivity contribution in [1.82, 2.24) is 0 Å². The first-order valence-corrected chi connectivity index (χ1v) is 11.3. The molecule has 160 valence electrons. The number of hydrogen-bond acceptors (Lipinski definition) is 1. The molecular formula is C29H31FO. The maximum atomic E-state index is 13.0. The van der Waals surface area contributed by atoms with Gasteiger partial charge in [0.1, 0.15) is 5.82 Å². The van der Waals surface area contributed by atoms with Gasteiger partial charge in [-0.15, -0.1) is 0 Å². The van der Waals surface area contributed by atoms with Gasteiger partial charge in [0.15, 0.2) is 5.78 Å². The van der Waals surface area contributed by atoms with Crippen molar-refractivity contribution in [2.75, 3.05) is 0 Å². The highest BCUT2D eigenvalue weighted by molar-refractivity contribution is 6.06. The van der Waals surface area contributed by atoms with Crippen LogP contribution in [0, 0.1) is 5.82 Å². The second-order valence-corrected chi connectivity index (χ2v) is 8.01. The Morgan fingerprint density at radius 2 is 1.29 bits per heavy atom. The summed E-state index contributed by atoms with van der Waals surface area (Å²) in [6.07, 6.45) is 13.2. The zero-order valence-corrected chi connectivity index (χ0v) is 18.1. The molecule has 0 saturated heterocycles. The lowest BCUT2D eigenvalue weighted by Crippen LogP contribution is -1.95. The smallest absolute Gasteiger partial charge is 0.185 e. The maximum Gasteiger partial charge on any atom is 0.185 e. The van der Waals surface area contributed by atoms with Crippen LogP contribution in [0.4, 0.5) is 4.39 Å². The number of ketones is 1. The molecule has 0 aromatic heterocycles. The normalized spacial score (nSPS) is 11.1. The highest BCUT2D eigenvalue weighted by atomic mass is 19.1. The lowest BCUT2D eigenvalue weighted by molar-refractivity contribution is 0.104. The number of carbonyl (C=O) groups is 1. The first-order chi connectivity index (χ1) is 15.2. The van der Waals surface area contributed by atoms with Gasteiger partial charge >= 0.3 is 0 Å². The zero-order valence-electron chi connectivity index (χ0n) is 18.1. The van der Waals surface area contributed by atoms with E-state index in [9.17, 15) is 9.18 Å². The van der Waals surface area contributed by atoms with Crippen LogP contribution < -0.4 is 0 Å². The molecule has 0 atom stereocenters. The van der Waals surface area contributed by atoms with Gasteiger partial charge in [0.25, 0.3) is 0 Å². The fourth-order valence-electron chi connectivity index (χ4n) is 3.80. The topological polar surface area (TPSA) is 17.1 Å². The number of halogens is 1. The Bertz CT molecular complexity index is 958. The van der Waals surface area contributed by atoms with Crippen molar-refractivity contribution in [3.05, 3.63) is 113 Å². The molecule has 0 bridgehead atoms. The SMILES string of the molecule is O=C(C=Cc1ccccc1CCCCCCCCc1ccccc1)c1ccc(F)cc1. The summed E-state index contributed by atoms with van der Waals surface area (Å²) in [7, 11) is 0. The van der Waals surface area contributed by atoms with E-state index in [0.717, 1.165) is 18.4 Å². The fraction of sp³-hybridized carbons (Fsp3) is 0.276. The van der Waals surface area contributed by atoms with Gasteiger partial charge in [0, 0.05) is 5.56 Å². The van der Waals surface area contributed by atoms with E-state index in [-0.39, 0.29) is 11.6 Å². The van der Waals surface area contributed by atoms with E-state index >= 15 is 0 Å². The number of allylic oxidation sites excluding steroid dienone is 1. The minimum atomic E-state index is -0.331. The lowest BCUT2D eigenvalue weighted by Gasteiger charge is -2.06. The third-order valence-electron chi connectivity index (χ3n) is 5.60. The van der Waals surface area contributed by atoms with Crippen LogP contribution >= 0.6 is 0 Å². The van der Waals surface area contributed by atoms with Crippen LogP contribution in [0.25, 0.3) is 6.08 Å². The lowest BCUT2D eigenvalue weighted by atomic mass is 9.99. The third-order valence-corrected chi connectivity index (χ3v) is 5.60. The molecule has 0 aliphatic heterocycles. The zero-order chi connectivity index (χ0) is 21.7. The van der Waals surface area contributed by atoms with E-state index in [4.69, 9.17) is 0 Å². The van der Waals surface area contributed by atoms with E-state index in [1.54, 1.807) is 6.08 Å². The molecule has 3 aromatic carbocycles. The summed E-state index contributed by atoms with van der Waals surface area (Å²) in [4.78, 5) is 12.3. The first kappa shape index (κ1) is 22.7. The summed E-state index contributed by atoms with van der Waals surface area (Å²) in [5.74, 6) is -0.438. The molecule has 0 N–H and O–H groups in total. The van der Waals surface area contributed by atoms with Gasteiger partial charge in [0.2, 0.25) is 0 Å². The highest BCUT2D eigenvalue weighted by Crippen LogP contribution is 2.17. The molecule has 1 nitrogen and oxygen atoms in total. The van der Waals surface area contributed by atoms with Crippen LogP contribution in [0.1, 0.15) is 65.6 Å². The van der Waals surface area contributed by atoms with Crippen molar-refractivity contribution in [2.24, 2.45) is 0 Å². The van der Waals surface area contributed by atoms with Crippen LogP contribution in [-0.4, -0.2) is 5.78 Å². The molecule has 0 spiro atoms. The molecule has 0 heterocycles. The van der Waals surface area contributed by atoms with E-state index < -0.39 is 0 Å². The fourth-order valence-corrected chi connectivity index (χ4v) is 3.80. The number of benzene rings is 3. The first-order valence-electron chi connectivity index (χ1n) is 11.3. The van der Waals surface area contributed by atoms with Crippen LogP contribution in [0.3, 0.4) is 0 Å². The van der Waals surface area contributed by atoms with E-state index in [2.05, 4.69) is 42.5 Å². The van der Waals surface area contributed by atoms with Crippen molar-refractivity contribution in [3.63, 3.8) is 0 Å². The highest BCUT2D eigenvalue weighted by Gasteiger charge is 2.04. The molecule has 31 heavy (non-hydrogen) atoms. The second-order valence-electron chi connectivity index (χ2n) is 8.01. The van der Waals surface area contributed by atoms with Crippen molar-refractivity contribution in [1.29, 1.82) is 0 Å². The second kappa shape index (κ2) is 12.6. The average molecular weight is 415 g/mol. The number of unbranched alkanes of at least 4 members (excludes halogenated alkanes) is 5. The summed E-state index contributed by atoms with van der Waals surface area (Å²) in [6.45, 7) is 0. The predicted octanol–water partition coefficient (Wildman–Crippen LogP) is 7.85. The summed E-state index contributed by atoms with van der Waals surface area (Å²) >= 11 is 0. The number of rotatable bonds is 12. The van der Waals surface area contributed by atoms with Gasteiger partial charge in [0.05, 0.1) is 0 Å². The molecular weight excluding hydrogens is 383 g/mol. The van der Waals surface area contributed by atoms with Crippen molar-refractivity contribution in [3.8, 4) is 0 Å². The number of carbonyl (C=O) groups excluding carboxylic acids is 1. The standard InChI is InChI=1S/C29H31FO/c30-28-21-18-27(19-22-28)29(31)23-20-26-17-11-10-16-25(26)15-9-4-2-1-3-6-12-24-13-7-5-8-14-24/h5,7-8,10-11,13-14,16-23H,1-4,6,9,12,15H2. The van der Waals surface area contributed by atoms with Gasteiger partial charge in [-0.05, 0) is 72.7 Å². The number of hydrogen-bond donors (Lipinski definition) is 0. The maximum absolute atomic E-state index is 13.0. The summed E-state index contributed by atoms with van der Waals surface area (Å²) in [6, 6.07) is 24.6. The van der Waals surface area contributed by atoms with Crippen LogP contribution in [0.2, 0.25) is 0 Å². The molecule has 0 fully saturated rings. The van der Waals surface area contributed by atoms with Crippen LogP contribution in [0.5, 0.6) is 0 Å². The quantitative estimate of drug-likeness (QED) is 0.167. The van der Waals surface area contributed by atoms with Gasteiger partial charge in [-0.25, -0.2) is 4.39 Å². The van der Waals surface area contributed by atoms with Crippen molar-refractivity contribution < 1.29 is 9.18 Å². The largest absolute Gasteiger partial charge is 0.289 e. The Hall–Kier alpha value is -3.00. The molecule has 0 aliphatic rings. The minimum absolute atomic E-state index is 0.106. The Labute approximate surface area is 185 Å². The number of aryl methyl sites for hydroxylation is 2. The summed E-state index contributed by atoms with van der Waals surface area (Å²) in [5, 5.41) is 0. The molecule has 3 rings (SSSR count). The Morgan fingerprint density at radius 1 is 0.677 bits per heavy atom. The summed E-state index contributed by atoms with van der Waals surface area (Å²) < 4.78 is 13.0. The Morgan fingerprint density at radius 3 is 2.03 bits per heavy atom. The molecule has 0 amide bonds. The van der Waals surface area contributed by atoms with E-state index in [1.807, 2.05) is 18.2 Å². The molecule has 0 saturated carbocycles. The molecule has 0 aliphatic carbocycles. The van der Waals surface area contributed by atoms with Gasteiger partial charge in [-0.2, -0.15) is 0 Å². The average Bonchev–Trinajstić information content (AvgIpc) is 2.81. The van der Waals surface area contributed by atoms with Crippen LogP contribution in [-0.2, 0) is 12.8 Å². The molecule has 0 radical (unpaired) electrons. The summed E-state index contributed by atoms with van der Waals surface area (Å²) in [5.41, 5.74) is 4.29. The van der Waals surface area contributed by atoms with Crippen molar-refractivity contribution in [2.45, 2.75) is 51.4 Å². The van der Waals surface area contributed by atoms with Crippen molar-refractivity contribution >= 4 is 11.9 Å². The molecule has 0 unspecified atom stereocenters. The molecule has 3 aromatic rings.